The number of carbonyl (C=O) groups is 1. The quantitative estimate of drug-likeness (QED) is 0.505. The lowest BCUT2D eigenvalue weighted by Gasteiger charge is -2.08. The molecule has 0 N–H and O–H groups in total. The molecular weight excluding hydrogens is 330 g/mol. The zero-order valence-electron chi connectivity index (χ0n) is 12.7. The molecule has 0 unspecified atom stereocenters. The van der Waals surface area contributed by atoms with E-state index in [2.05, 4.69) is 20.5 Å². The van der Waals surface area contributed by atoms with Crippen molar-refractivity contribution in [3.63, 3.8) is 0 Å². The molecule has 2 aromatic heterocycles. The van der Waals surface area contributed by atoms with Crippen molar-refractivity contribution in [3.8, 4) is 5.69 Å². The Morgan fingerprint density at radius 1 is 1.29 bits per heavy atom. The zero-order valence-corrected chi connectivity index (χ0v) is 13.4. The first kappa shape index (κ1) is 16.1. The summed E-state index contributed by atoms with van der Waals surface area (Å²) in [6, 6.07) is 8.79. The molecule has 2 heterocycles. The number of tetrazole rings is 1. The van der Waals surface area contributed by atoms with Crippen molar-refractivity contribution in [2.24, 2.45) is 0 Å². The van der Waals surface area contributed by atoms with E-state index >= 15 is 0 Å². The first-order valence-corrected chi connectivity index (χ1v) is 7.71. The lowest BCUT2D eigenvalue weighted by Crippen LogP contribution is -2.08. The number of hydrogen-bond donors (Lipinski definition) is 0. The van der Waals surface area contributed by atoms with Gasteiger partial charge in [0.2, 0.25) is 0 Å². The van der Waals surface area contributed by atoms with Crippen molar-refractivity contribution in [2.45, 2.75) is 12.8 Å². The molecule has 3 aromatic rings. The molecule has 0 spiro atoms. The van der Waals surface area contributed by atoms with Gasteiger partial charge in [0.15, 0.2) is 0 Å². The van der Waals surface area contributed by atoms with Gasteiger partial charge in [-0.05, 0) is 53.1 Å². The maximum Gasteiger partial charge on any atom is 0.339 e. The Kier molecular flexibility index (Phi) is 5.12. The third kappa shape index (κ3) is 3.94. The summed E-state index contributed by atoms with van der Waals surface area (Å²) in [5, 5.41) is 11.2. The molecule has 1 aromatic carbocycles. The summed E-state index contributed by atoms with van der Waals surface area (Å²) in [6.07, 6.45) is 6.49. The van der Waals surface area contributed by atoms with Gasteiger partial charge in [-0.25, -0.2) is 9.48 Å². The van der Waals surface area contributed by atoms with Gasteiger partial charge < -0.3 is 4.74 Å². The van der Waals surface area contributed by atoms with E-state index in [1.807, 2.05) is 12.1 Å². The number of carbonyl (C=O) groups excluding carboxylic acids is 1. The molecule has 0 atom stereocenters. The van der Waals surface area contributed by atoms with Crippen LogP contribution in [0.1, 0.15) is 22.3 Å². The Morgan fingerprint density at radius 2 is 2.21 bits per heavy atom. The fraction of sp³-hybridized carbons (Fsp3) is 0.188. The van der Waals surface area contributed by atoms with Gasteiger partial charge in [-0.15, -0.1) is 5.10 Å². The molecule has 8 heteroatoms. The molecule has 0 aliphatic carbocycles. The molecule has 0 aliphatic rings. The van der Waals surface area contributed by atoms with E-state index in [-0.39, 0.29) is 0 Å². The molecule has 0 amide bonds. The molecule has 0 saturated heterocycles. The van der Waals surface area contributed by atoms with Gasteiger partial charge >= 0.3 is 5.97 Å². The van der Waals surface area contributed by atoms with Gasteiger partial charge in [-0.2, -0.15) is 0 Å². The number of ether oxygens (including phenoxy) is 1. The Balaban J connectivity index is 1.55. The van der Waals surface area contributed by atoms with Crippen LogP contribution in [-0.2, 0) is 11.2 Å². The summed E-state index contributed by atoms with van der Waals surface area (Å²) in [5.74, 6) is -0.450. The van der Waals surface area contributed by atoms with Crippen LogP contribution in [0, 0.1) is 0 Å². The zero-order chi connectivity index (χ0) is 16.8. The van der Waals surface area contributed by atoms with Gasteiger partial charge in [0.25, 0.3) is 0 Å². The van der Waals surface area contributed by atoms with Crippen molar-refractivity contribution in [2.75, 3.05) is 6.61 Å². The van der Waals surface area contributed by atoms with Gasteiger partial charge in [-0.3, -0.25) is 4.98 Å². The van der Waals surface area contributed by atoms with Crippen molar-refractivity contribution in [3.05, 3.63) is 65.2 Å². The maximum absolute atomic E-state index is 12.1. The van der Waals surface area contributed by atoms with E-state index in [4.69, 9.17) is 16.3 Å². The van der Waals surface area contributed by atoms with E-state index in [0.29, 0.717) is 22.9 Å². The van der Waals surface area contributed by atoms with Gasteiger partial charge in [0.1, 0.15) is 6.33 Å². The Morgan fingerprint density at radius 3 is 2.92 bits per heavy atom. The van der Waals surface area contributed by atoms with Gasteiger partial charge in [0, 0.05) is 12.4 Å². The van der Waals surface area contributed by atoms with E-state index in [9.17, 15) is 4.79 Å². The third-order valence-corrected chi connectivity index (χ3v) is 3.66. The largest absolute Gasteiger partial charge is 0.462 e. The summed E-state index contributed by atoms with van der Waals surface area (Å²) in [6.45, 7) is 0.318. The number of aryl methyl sites for hydroxylation is 1. The van der Waals surface area contributed by atoms with Gasteiger partial charge in [0.05, 0.1) is 22.9 Å². The second-order valence-corrected chi connectivity index (χ2v) is 5.43. The van der Waals surface area contributed by atoms with E-state index in [0.717, 1.165) is 18.4 Å². The average molecular weight is 344 g/mol. The molecule has 7 nitrogen and oxygen atoms in total. The predicted octanol–water partition coefficient (Wildman–Crippen LogP) is 2.50. The van der Waals surface area contributed by atoms with Crippen LogP contribution in [0.25, 0.3) is 5.69 Å². The van der Waals surface area contributed by atoms with E-state index < -0.39 is 5.97 Å². The topological polar surface area (TPSA) is 82.8 Å². The maximum atomic E-state index is 12.1. The fourth-order valence-corrected chi connectivity index (χ4v) is 2.41. The second kappa shape index (κ2) is 7.65. The van der Waals surface area contributed by atoms with Crippen LogP contribution in [0.15, 0.2) is 49.1 Å². The number of benzene rings is 1. The third-order valence-electron chi connectivity index (χ3n) is 3.35. The summed E-state index contributed by atoms with van der Waals surface area (Å²) in [7, 11) is 0. The Hall–Kier alpha value is -2.80. The lowest BCUT2D eigenvalue weighted by molar-refractivity contribution is 0.0501. The summed E-state index contributed by atoms with van der Waals surface area (Å²) >= 11 is 6.16. The molecule has 0 bridgehead atoms. The highest BCUT2D eigenvalue weighted by Gasteiger charge is 2.13. The first-order chi connectivity index (χ1) is 11.7. The van der Waals surface area contributed by atoms with Crippen molar-refractivity contribution in [1.29, 1.82) is 0 Å². The van der Waals surface area contributed by atoms with Crippen LogP contribution in [0.3, 0.4) is 0 Å². The number of pyridine rings is 1. The molecule has 122 valence electrons. The normalized spacial score (nSPS) is 10.5. The minimum atomic E-state index is -0.450. The molecule has 0 radical (unpaired) electrons. The number of nitrogens with zero attached hydrogens (tertiary/aromatic N) is 5. The average Bonchev–Trinajstić information content (AvgIpc) is 3.14. The number of aromatic nitrogens is 5. The van der Waals surface area contributed by atoms with Crippen molar-refractivity contribution >= 4 is 17.6 Å². The fourth-order valence-electron chi connectivity index (χ4n) is 2.16. The van der Waals surface area contributed by atoms with Crippen LogP contribution >= 0.6 is 11.6 Å². The van der Waals surface area contributed by atoms with Crippen LogP contribution in [-0.4, -0.2) is 37.8 Å². The number of rotatable bonds is 6. The Bertz CT molecular complexity index is 809. The number of hydrogen-bond acceptors (Lipinski definition) is 6. The SMILES string of the molecule is O=C(OCCCc1cccnc1)c1ccc(-n2cnnn2)cc1Cl. The molecule has 0 aliphatic heterocycles. The highest BCUT2D eigenvalue weighted by atomic mass is 35.5. The van der Waals surface area contributed by atoms with Crippen LogP contribution in [0.5, 0.6) is 0 Å². The number of esters is 1. The molecule has 0 fully saturated rings. The summed E-state index contributed by atoms with van der Waals surface area (Å²) < 4.78 is 6.72. The molecule has 0 saturated carbocycles. The minimum Gasteiger partial charge on any atom is -0.462 e. The monoisotopic (exact) mass is 343 g/mol. The summed E-state index contributed by atoms with van der Waals surface area (Å²) in [5.41, 5.74) is 2.09. The molecule has 24 heavy (non-hydrogen) atoms. The highest BCUT2D eigenvalue weighted by molar-refractivity contribution is 6.33. The van der Waals surface area contributed by atoms with Crippen LogP contribution in [0.2, 0.25) is 5.02 Å². The smallest absolute Gasteiger partial charge is 0.339 e. The van der Waals surface area contributed by atoms with Crippen LogP contribution in [0.4, 0.5) is 0 Å². The second-order valence-electron chi connectivity index (χ2n) is 5.02. The van der Waals surface area contributed by atoms with Crippen molar-refractivity contribution in [1.82, 2.24) is 25.2 Å². The Labute approximate surface area is 143 Å². The summed E-state index contributed by atoms with van der Waals surface area (Å²) in [4.78, 5) is 16.2. The van der Waals surface area contributed by atoms with E-state index in [1.54, 1.807) is 30.6 Å². The molecule has 3 rings (SSSR count). The number of halogens is 1. The highest BCUT2D eigenvalue weighted by Crippen LogP contribution is 2.20. The molecular formula is C16H14ClN5O2. The predicted molar refractivity (Wildman–Crippen MR) is 87.0 cm³/mol. The van der Waals surface area contributed by atoms with Gasteiger partial charge in [-0.1, -0.05) is 17.7 Å². The first-order valence-electron chi connectivity index (χ1n) is 7.33. The lowest BCUT2D eigenvalue weighted by atomic mass is 10.2. The standard InChI is InChI=1S/C16H14ClN5O2/c17-15-9-13(22-11-19-20-21-22)5-6-14(15)16(23)24-8-2-4-12-3-1-7-18-10-12/h1,3,5-7,9-11H,2,4,8H2. The van der Waals surface area contributed by atoms with E-state index in [1.165, 1.54) is 11.0 Å². The van der Waals surface area contributed by atoms with Crippen molar-refractivity contribution < 1.29 is 9.53 Å². The minimum absolute atomic E-state index is 0.292. The van der Waals surface area contributed by atoms with Crippen LogP contribution < -0.4 is 0 Å².